The van der Waals surface area contributed by atoms with Gasteiger partial charge in [0.25, 0.3) is 0 Å². The van der Waals surface area contributed by atoms with Crippen molar-refractivity contribution in [2.24, 2.45) is 0 Å². The van der Waals surface area contributed by atoms with Crippen molar-refractivity contribution in [3.8, 4) is 23.1 Å². The number of nitrogens with zero attached hydrogens (tertiary/aromatic N) is 2. The molecule has 2 aromatic rings. The Morgan fingerprint density at radius 3 is 2.95 bits per heavy atom. The standard InChI is InChI=1S/C13H13N3O3/c1-2-9-12(14)15-6-16-13(9)19-8-3-4-10-11(5-8)18-7-17-10/h3-6H,2,7H2,1H3,(H2,14,15,16). The lowest BCUT2D eigenvalue weighted by Gasteiger charge is -2.10. The van der Waals surface area contributed by atoms with Crippen molar-refractivity contribution in [3.63, 3.8) is 0 Å². The largest absolute Gasteiger partial charge is 0.454 e. The van der Waals surface area contributed by atoms with Crippen molar-refractivity contribution < 1.29 is 14.2 Å². The summed E-state index contributed by atoms with van der Waals surface area (Å²) in [6, 6.07) is 5.36. The average molecular weight is 259 g/mol. The molecule has 0 saturated carbocycles. The molecule has 0 atom stereocenters. The van der Waals surface area contributed by atoms with Gasteiger partial charge in [-0.05, 0) is 18.6 Å². The van der Waals surface area contributed by atoms with E-state index in [1.807, 2.05) is 6.92 Å². The van der Waals surface area contributed by atoms with E-state index < -0.39 is 0 Å². The molecule has 0 aliphatic carbocycles. The van der Waals surface area contributed by atoms with Crippen molar-refractivity contribution >= 4 is 5.82 Å². The van der Waals surface area contributed by atoms with Gasteiger partial charge >= 0.3 is 0 Å². The average Bonchev–Trinajstić information content (AvgIpc) is 2.86. The Kier molecular flexibility index (Phi) is 2.83. The smallest absolute Gasteiger partial charge is 0.231 e. The fraction of sp³-hybridized carbons (Fsp3) is 0.231. The summed E-state index contributed by atoms with van der Waals surface area (Å²) in [4.78, 5) is 8.07. The number of hydrogen-bond donors (Lipinski definition) is 1. The maximum atomic E-state index is 5.80. The highest BCUT2D eigenvalue weighted by Crippen LogP contribution is 2.37. The molecule has 0 unspecified atom stereocenters. The monoisotopic (exact) mass is 259 g/mol. The third-order valence-corrected chi connectivity index (χ3v) is 2.85. The minimum absolute atomic E-state index is 0.236. The van der Waals surface area contributed by atoms with Gasteiger partial charge in [-0.15, -0.1) is 0 Å². The molecular weight excluding hydrogens is 246 g/mol. The second-order valence-electron chi connectivity index (χ2n) is 4.01. The van der Waals surface area contributed by atoms with E-state index >= 15 is 0 Å². The predicted octanol–water partition coefficient (Wildman–Crippen LogP) is 2.14. The van der Waals surface area contributed by atoms with E-state index in [0.29, 0.717) is 35.4 Å². The van der Waals surface area contributed by atoms with Gasteiger partial charge in [0.2, 0.25) is 12.7 Å². The van der Waals surface area contributed by atoms with Crippen LogP contribution in [0.5, 0.6) is 23.1 Å². The van der Waals surface area contributed by atoms with Gasteiger partial charge in [0.1, 0.15) is 17.9 Å². The number of anilines is 1. The molecule has 1 aromatic carbocycles. The van der Waals surface area contributed by atoms with Crippen LogP contribution in [0, 0.1) is 0 Å². The molecule has 1 aliphatic rings. The van der Waals surface area contributed by atoms with Crippen LogP contribution in [0.15, 0.2) is 24.5 Å². The van der Waals surface area contributed by atoms with Crippen LogP contribution in [0.4, 0.5) is 5.82 Å². The number of hydrogen-bond acceptors (Lipinski definition) is 6. The summed E-state index contributed by atoms with van der Waals surface area (Å²) in [5.41, 5.74) is 6.59. The van der Waals surface area contributed by atoms with Gasteiger partial charge in [-0.3, -0.25) is 0 Å². The van der Waals surface area contributed by atoms with Crippen LogP contribution in [-0.4, -0.2) is 16.8 Å². The molecule has 0 fully saturated rings. The zero-order chi connectivity index (χ0) is 13.2. The zero-order valence-corrected chi connectivity index (χ0v) is 10.4. The summed E-state index contributed by atoms with van der Waals surface area (Å²) in [6.45, 7) is 2.21. The quantitative estimate of drug-likeness (QED) is 0.909. The minimum atomic E-state index is 0.236. The molecule has 0 radical (unpaired) electrons. The second-order valence-corrected chi connectivity index (χ2v) is 4.01. The molecule has 1 aliphatic heterocycles. The first-order valence-electron chi connectivity index (χ1n) is 5.94. The first-order chi connectivity index (χ1) is 9.28. The molecule has 98 valence electrons. The first kappa shape index (κ1) is 11.6. The summed E-state index contributed by atoms with van der Waals surface area (Å²) in [5.74, 6) is 2.90. The molecule has 0 spiro atoms. The van der Waals surface area contributed by atoms with Crippen molar-refractivity contribution in [3.05, 3.63) is 30.1 Å². The van der Waals surface area contributed by atoms with Gasteiger partial charge in [-0.25, -0.2) is 9.97 Å². The van der Waals surface area contributed by atoms with Crippen LogP contribution in [0.25, 0.3) is 0 Å². The highest BCUT2D eigenvalue weighted by molar-refractivity contribution is 5.50. The van der Waals surface area contributed by atoms with Gasteiger partial charge < -0.3 is 19.9 Å². The number of rotatable bonds is 3. The Bertz CT molecular complexity index is 616. The van der Waals surface area contributed by atoms with Crippen molar-refractivity contribution in [2.75, 3.05) is 12.5 Å². The van der Waals surface area contributed by atoms with Gasteiger partial charge in [0, 0.05) is 6.07 Å². The first-order valence-corrected chi connectivity index (χ1v) is 5.94. The summed E-state index contributed by atoms with van der Waals surface area (Å²) in [5, 5.41) is 0. The molecule has 6 nitrogen and oxygen atoms in total. The Hall–Kier alpha value is -2.50. The van der Waals surface area contributed by atoms with Crippen LogP contribution >= 0.6 is 0 Å². The summed E-state index contributed by atoms with van der Waals surface area (Å²) in [7, 11) is 0. The number of aromatic nitrogens is 2. The SMILES string of the molecule is CCc1c(N)ncnc1Oc1ccc2c(c1)OCO2. The molecule has 0 bridgehead atoms. The molecule has 0 amide bonds. The normalized spacial score (nSPS) is 12.5. The van der Waals surface area contributed by atoms with Gasteiger partial charge in [-0.2, -0.15) is 0 Å². The number of benzene rings is 1. The Morgan fingerprint density at radius 1 is 1.26 bits per heavy atom. The van der Waals surface area contributed by atoms with Crippen LogP contribution < -0.4 is 19.9 Å². The molecule has 2 N–H and O–H groups in total. The van der Waals surface area contributed by atoms with Gasteiger partial charge in [-0.1, -0.05) is 6.92 Å². The summed E-state index contributed by atoms with van der Waals surface area (Å²) < 4.78 is 16.3. The lowest BCUT2D eigenvalue weighted by atomic mass is 10.2. The Balaban J connectivity index is 1.91. The topological polar surface area (TPSA) is 79.5 Å². The lowest BCUT2D eigenvalue weighted by molar-refractivity contribution is 0.174. The molecule has 3 rings (SSSR count). The summed E-state index contributed by atoms with van der Waals surface area (Å²) >= 11 is 0. The number of nitrogen functional groups attached to an aromatic ring is 1. The number of fused-ring (bicyclic) bond motifs is 1. The second kappa shape index (κ2) is 4.64. The van der Waals surface area contributed by atoms with E-state index in [2.05, 4.69) is 9.97 Å². The number of nitrogens with two attached hydrogens (primary N) is 1. The van der Waals surface area contributed by atoms with Crippen molar-refractivity contribution in [1.29, 1.82) is 0 Å². The molecule has 6 heteroatoms. The van der Waals surface area contributed by atoms with E-state index in [9.17, 15) is 0 Å². The zero-order valence-electron chi connectivity index (χ0n) is 10.4. The maximum Gasteiger partial charge on any atom is 0.231 e. The molecular formula is C13H13N3O3. The van der Waals surface area contributed by atoms with E-state index in [1.165, 1.54) is 6.33 Å². The maximum absolute atomic E-state index is 5.80. The van der Waals surface area contributed by atoms with Gasteiger partial charge in [0.15, 0.2) is 11.5 Å². The Morgan fingerprint density at radius 2 is 2.11 bits per heavy atom. The van der Waals surface area contributed by atoms with Crippen LogP contribution in [-0.2, 0) is 6.42 Å². The van der Waals surface area contributed by atoms with Crippen LogP contribution in [0.2, 0.25) is 0 Å². The fourth-order valence-electron chi connectivity index (χ4n) is 1.88. The third-order valence-electron chi connectivity index (χ3n) is 2.85. The van der Waals surface area contributed by atoms with E-state index in [1.54, 1.807) is 18.2 Å². The molecule has 2 heterocycles. The predicted molar refractivity (Wildman–Crippen MR) is 68.5 cm³/mol. The van der Waals surface area contributed by atoms with Crippen molar-refractivity contribution in [1.82, 2.24) is 9.97 Å². The van der Waals surface area contributed by atoms with E-state index in [0.717, 1.165) is 5.56 Å². The highest BCUT2D eigenvalue weighted by Gasteiger charge is 2.15. The molecule has 1 aromatic heterocycles. The van der Waals surface area contributed by atoms with Gasteiger partial charge in [0.05, 0.1) is 5.56 Å². The van der Waals surface area contributed by atoms with Crippen LogP contribution in [0.3, 0.4) is 0 Å². The Labute approximate surface area is 110 Å². The van der Waals surface area contributed by atoms with E-state index in [-0.39, 0.29) is 6.79 Å². The molecule has 0 saturated heterocycles. The fourth-order valence-corrected chi connectivity index (χ4v) is 1.88. The summed E-state index contributed by atoms with van der Waals surface area (Å²) in [6.07, 6.45) is 2.09. The lowest BCUT2D eigenvalue weighted by Crippen LogP contribution is -2.01. The van der Waals surface area contributed by atoms with Crippen molar-refractivity contribution in [2.45, 2.75) is 13.3 Å². The van der Waals surface area contributed by atoms with E-state index in [4.69, 9.17) is 19.9 Å². The minimum Gasteiger partial charge on any atom is -0.454 e. The van der Waals surface area contributed by atoms with Crippen LogP contribution in [0.1, 0.15) is 12.5 Å². The third kappa shape index (κ3) is 2.12. The highest BCUT2D eigenvalue weighted by atomic mass is 16.7. The molecule has 19 heavy (non-hydrogen) atoms. The number of ether oxygens (including phenoxy) is 3.